The van der Waals surface area contributed by atoms with Crippen LogP contribution >= 0.6 is 0 Å². The highest BCUT2D eigenvalue weighted by molar-refractivity contribution is 4.97. The minimum atomic E-state index is 0.589. The van der Waals surface area contributed by atoms with Gasteiger partial charge in [0.05, 0.1) is 12.8 Å². The van der Waals surface area contributed by atoms with Crippen LogP contribution in [0.25, 0.3) is 0 Å². The molecule has 0 bridgehead atoms. The molecule has 2 rings (SSSR count). The summed E-state index contributed by atoms with van der Waals surface area (Å²) in [6.07, 6.45) is 1.73. The van der Waals surface area contributed by atoms with Crippen molar-refractivity contribution in [3.63, 3.8) is 0 Å². The predicted octanol–water partition coefficient (Wildman–Crippen LogP) is 2.03. The van der Waals surface area contributed by atoms with Crippen molar-refractivity contribution in [2.75, 3.05) is 39.3 Å². The maximum Gasteiger partial charge on any atom is 0.117 e. The molecule has 0 aromatic carbocycles. The van der Waals surface area contributed by atoms with Crippen LogP contribution in [0.15, 0.2) is 22.8 Å². The molecule has 1 aliphatic heterocycles. The maximum atomic E-state index is 5.33. The zero-order valence-electron chi connectivity index (χ0n) is 13.1. The number of rotatable bonds is 7. The summed E-state index contributed by atoms with van der Waals surface area (Å²) in [6.45, 7) is 14.8. The van der Waals surface area contributed by atoms with Gasteiger partial charge in [-0.25, -0.2) is 0 Å². The summed E-state index contributed by atoms with van der Waals surface area (Å²) in [6, 6.07) is 4.54. The second-order valence-electron chi connectivity index (χ2n) is 6.29. The first kappa shape index (κ1) is 15.5. The molecule has 0 aliphatic carbocycles. The van der Waals surface area contributed by atoms with E-state index in [0.717, 1.165) is 24.8 Å². The number of hydrogen-bond acceptors (Lipinski definition) is 4. The largest absolute Gasteiger partial charge is 0.468 e. The molecular weight excluding hydrogens is 250 g/mol. The summed E-state index contributed by atoms with van der Waals surface area (Å²) in [5, 5.41) is 3.48. The van der Waals surface area contributed by atoms with E-state index in [1.807, 2.05) is 12.1 Å². The minimum absolute atomic E-state index is 0.589. The van der Waals surface area contributed by atoms with E-state index in [1.54, 1.807) is 6.26 Å². The molecule has 1 aromatic rings. The highest BCUT2D eigenvalue weighted by Crippen LogP contribution is 2.08. The molecule has 1 N–H and O–H groups in total. The van der Waals surface area contributed by atoms with Gasteiger partial charge in [0.15, 0.2) is 0 Å². The first-order valence-corrected chi connectivity index (χ1v) is 7.84. The van der Waals surface area contributed by atoms with Gasteiger partial charge in [-0.2, -0.15) is 0 Å². The Hall–Kier alpha value is -0.840. The van der Waals surface area contributed by atoms with Gasteiger partial charge in [-0.05, 0) is 25.0 Å². The van der Waals surface area contributed by atoms with Gasteiger partial charge in [0.25, 0.3) is 0 Å². The predicted molar refractivity (Wildman–Crippen MR) is 82.7 cm³/mol. The fourth-order valence-corrected chi connectivity index (χ4v) is 2.85. The van der Waals surface area contributed by atoms with Gasteiger partial charge in [-0.15, -0.1) is 0 Å². The first-order chi connectivity index (χ1) is 9.65. The molecule has 0 radical (unpaired) electrons. The Morgan fingerprint density at radius 3 is 2.55 bits per heavy atom. The molecule has 0 spiro atoms. The lowest BCUT2D eigenvalue weighted by atomic mass is 10.1. The molecule has 1 fully saturated rings. The molecule has 4 heteroatoms. The summed E-state index contributed by atoms with van der Waals surface area (Å²) in [4.78, 5) is 5.18. The fourth-order valence-electron chi connectivity index (χ4n) is 2.85. The molecule has 0 amide bonds. The molecule has 4 nitrogen and oxygen atoms in total. The third-order valence-corrected chi connectivity index (χ3v) is 3.97. The van der Waals surface area contributed by atoms with Crippen molar-refractivity contribution in [1.29, 1.82) is 0 Å². The number of hydrogen-bond donors (Lipinski definition) is 1. The van der Waals surface area contributed by atoms with Gasteiger partial charge < -0.3 is 14.6 Å². The van der Waals surface area contributed by atoms with Crippen LogP contribution in [-0.2, 0) is 6.54 Å². The van der Waals surface area contributed by atoms with E-state index >= 15 is 0 Å². The van der Waals surface area contributed by atoms with Crippen LogP contribution in [0.3, 0.4) is 0 Å². The van der Waals surface area contributed by atoms with Gasteiger partial charge >= 0.3 is 0 Å². The van der Waals surface area contributed by atoms with Gasteiger partial charge in [0.1, 0.15) is 5.76 Å². The first-order valence-electron chi connectivity index (χ1n) is 7.84. The summed E-state index contributed by atoms with van der Waals surface area (Å²) >= 11 is 0. The highest BCUT2D eigenvalue weighted by Gasteiger charge is 2.21. The Kier molecular flexibility index (Phi) is 6.07. The van der Waals surface area contributed by atoms with Crippen molar-refractivity contribution in [3.8, 4) is 0 Å². The van der Waals surface area contributed by atoms with E-state index in [1.165, 1.54) is 32.7 Å². The van der Waals surface area contributed by atoms with Gasteiger partial charge in [-0.3, -0.25) is 4.90 Å². The van der Waals surface area contributed by atoms with Crippen LogP contribution in [-0.4, -0.2) is 55.1 Å². The zero-order chi connectivity index (χ0) is 14.4. The van der Waals surface area contributed by atoms with Crippen molar-refractivity contribution in [3.05, 3.63) is 24.2 Å². The molecule has 2 heterocycles. The second kappa shape index (κ2) is 7.81. The Morgan fingerprint density at radius 2 is 1.95 bits per heavy atom. The summed E-state index contributed by atoms with van der Waals surface area (Å²) in [5.41, 5.74) is 0. The lowest BCUT2D eigenvalue weighted by Crippen LogP contribution is -2.52. The molecular formula is C16H29N3O. The lowest BCUT2D eigenvalue weighted by molar-refractivity contribution is 0.0940. The van der Waals surface area contributed by atoms with E-state index in [9.17, 15) is 0 Å². The van der Waals surface area contributed by atoms with Crippen molar-refractivity contribution in [2.24, 2.45) is 5.92 Å². The van der Waals surface area contributed by atoms with E-state index in [2.05, 4.69) is 35.9 Å². The van der Waals surface area contributed by atoms with Gasteiger partial charge in [0, 0.05) is 45.3 Å². The number of furan rings is 1. The van der Waals surface area contributed by atoms with Crippen LogP contribution in [0.5, 0.6) is 0 Å². The van der Waals surface area contributed by atoms with Crippen molar-refractivity contribution in [1.82, 2.24) is 15.1 Å². The van der Waals surface area contributed by atoms with E-state index in [-0.39, 0.29) is 0 Å². The van der Waals surface area contributed by atoms with Crippen molar-refractivity contribution in [2.45, 2.75) is 33.4 Å². The topological polar surface area (TPSA) is 31.6 Å². The quantitative estimate of drug-likeness (QED) is 0.827. The zero-order valence-corrected chi connectivity index (χ0v) is 13.1. The molecule has 0 saturated carbocycles. The van der Waals surface area contributed by atoms with E-state index < -0.39 is 0 Å². The van der Waals surface area contributed by atoms with Crippen LogP contribution in [0.2, 0.25) is 0 Å². The highest BCUT2D eigenvalue weighted by atomic mass is 16.3. The van der Waals surface area contributed by atoms with Crippen molar-refractivity contribution >= 4 is 0 Å². The smallest absolute Gasteiger partial charge is 0.117 e. The summed E-state index contributed by atoms with van der Waals surface area (Å²) in [5.74, 6) is 1.79. The average Bonchev–Trinajstić information content (AvgIpc) is 2.92. The Balaban J connectivity index is 1.63. The molecule has 114 valence electrons. The molecule has 20 heavy (non-hydrogen) atoms. The van der Waals surface area contributed by atoms with Crippen LogP contribution in [0.1, 0.15) is 26.5 Å². The Labute approximate surface area is 123 Å². The number of nitrogens with zero attached hydrogens (tertiary/aromatic N) is 2. The Morgan fingerprint density at radius 1 is 1.20 bits per heavy atom. The van der Waals surface area contributed by atoms with Crippen LogP contribution in [0, 0.1) is 5.92 Å². The summed E-state index contributed by atoms with van der Waals surface area (Å²) in [7, 11) is 0. The monoisotopic (exact) mass is 279 g/mol. The third-order valence-electron chi connectivity index (χ3n) is 3.97. The number of piperazine rings is 1. The van der Waals surface area contributed by atoms with Gasteiger partial charge in [-0.1, -0.05) is 13.8 Å². The van der Waals surface area contributed by atoms with E-state index in [4.69, 9.17) is 4.42 Å². The molecule has 1 atom stereocenters. The van der Waals surface area contributed by atoms with Crippen LogP contribution < -0.4 is 5.32 Å². The maximum absolute atomic E-state index is 5.33. The molecule has 1 aliphatic rings. The summed E-state index contributed by atoms with van der Waals surface area (Å²) < 4.78 is 5.33. The minimum Gasteiger partial charge on any atom is -0.468 e. The lowest BCUT2D eigenvalue weighted by Gasteiger charge is -2.38. The van der Waals surface area contributed by atoms with E-state index in [0.29, 0.717) is 6.04 Å². The van der Waals surface area contributed by atoms with Crippen molar-refractivity contribution < 1.29 is 4.42 Å². The average molecular weight is 279 g/mol. The Bertz CT molecular complexity index is 356. The normalized spacial score (nSPS) is 19.6. The van der Waals surface area contributed by atoms with Crippen LogP contribution in [0.4, 0.5) is 0 Å². The third kappa shape index (κ3) is 4.93. The fraction of sp³-hybridized carbons (Fsp3) is 0.750. The standard InChI is InChI=1S/C16H29N3O/c1-14(2)13-18-6-8-19(9-7-18)15(3)11-17-12-16-5-4-10-20-16/h4-5,10,14-15,17H,6-9,11-13H2,1-3H3. The molecule has 1 saturated heterocycles. The number of nitrogens with one attached hydrogen (secondary N) is 1. The van der Waals surface area contributed by atoms with Gasteiger partial charge in [0.2, 0.25) is 0 Å². The molecule has 1 unspecified atom stereocenters. The SMILES string of the molecule is CC(C)CN1CCN(C(C)CNCc2ccco2)CC1. The molecule has 1 aromatic heterocycles. The second-order valence-corrected chi connectivity index (χ2v) is 6.29.